The SMILES string of the molecule is CC(C)(C)C.COC.COC.c1ccccc1.c1ccccc1. The molecule has 2 rings (SSSR count). The van der Waals surface area contributed by atoms with Crippen LogP contribution in [0.5, 0.6) is 0 Å². The average Bonchev–Trinajstić information content (AvgIpc) is 2.51. The Morgan fingerprint density at radius 1 is 0.391 bits per heavy atom. The van der Waals surface area contributed by atoms with Crippen molar-refractivity contribution in [3.05, 3.63) is 72.8 Å². The van der Waals surface area contributed by atoms with Crippen molar-refractivity contribution in [2.24, 2.45) is 5.41 Å². The first-order chi connectivity index (χ1) is 10.8. The first-order valence-corrected chi connectivity index (χ1v) is 7.63. The van der Waals surface area contributed by atoms with E-state index in [2.05, 4.69) is 37.2 Å². The molecule has 0 aliphatic rings. The molecule has 0 saturated heterocycles. The molecule has 23 heavy (non-hydrogen) atoms. The predicted molar refractivity (Wildman–Crippen MR) is 104 cm³/mol. The van der Waals surface area contributed by atoms with Crippen LogP contribution in [0.4, 0.5) is 0 Å². The van der Waals surface area contributed by atoms with Gasteiger partial charge in [-0.05, 0) is 5.41 Å². The van der Waals surface area contributed by atoms with Gasteiger partial charge in [0, 0.05) is 28.4 Å². The summed E-state index contributed by atoms with van der Waals surface area (Å²) in [4.78, 5) is 0. The number of methoxy groups -OCH3 is 2. The molecule has 0 atom stereocenters. The van der Waals surface area contributed by atoms with Crippen LogP contribution in [0, 0.1) is 5.41 Å². The number of rotatable bonds is 0. The summed E-state index contributed by atoms with van der Waals surface area (Å²) in [6.45, 7) is 8.75. The maximum Gasteiger partial charge on any atom is 0.0351 e. The molecule has 0 radical (unpaired) electrons. The summed E-state index contributed by atoms with van der Waals surface area (Å²) in [5.74, 6) is 0. The Balaban J connectivity index is -0.000000226. The van der Waals surface area contributed by atoms with Crippen LogP contribution in [0.1, 0.15) is 27.7 Å². The van der Waals surface area contributed by atoms with E-state index in [1.165, 1.54) is 0 Å². The van der Waals surface area contributed by atoms with Crippen LogP contribution >= 0.6 is 0 Å². The van der Waals surface area contributed by atoms with Crippen molar-refractivity contribution in [1.29, 1.82) is 0 Å². The molecule has 0 saturated carbocycles. The molecule has 0 fully saturated rings. The first kappa shape index (κ1) is 26.3. The van der Waals surface area contributed by atoms with Crippen molar-refractivity contribution in [3.8, 4) is 0 Å². The van der Waals surface area contributed by atoms with Gasteiger partial charge >= 0.3 is 0 Å². The van der Waals surface area contributed by atoms with Crippen LogP contribution in [0.3, 0.4) is 0 Å². The van der Waals surface area contributed by atoms with E-state index in [-0.39, 0.29) is 0 Å². The fourth-order valence-corrected chi connectivity index (χ4v) is 0.770. The first-order valence-electron chi connectivity index (χ1n) is 7.63. The number of hydrogen-bond donors (Lipinski definition) is 0. The zero-order valence-electron chi connectivity index (χ0n) is 16.2. The maximum absolute atomic E-state index is 4.25. The minimum atomic E-state index is 0.500. The molecule has 0 spiro atoms. The topological polar surface area (TPSA) is 18.5 Å². The summed E-state index contributed by atoms with van der Waals surface area (Å²) >= 11 is 0. The monoisotopic (exact) mass is 320 g/mol. The summed E-state index contributed by atoms with van der Waals surface area (Å²) in [5, 5.41) is 0. The van der Waals surface area contributed by atoms with E-state index < -0.39 is 0 Å². The second-order valence-corrected chi connectivity index (χ2v) is 6.13. The van der Waals surface area contributed by atoms with E-state index in [1.54, 1.807) is 28.4 Å². The number of benzene rings is 2. The molecule has 2 aromatic carbocycles. The van der Waals surface area contributed by atoms with E-state index in [9.17, 15) is 0 Å². The van der Waals surface area contributed by atoms with Gasteiger partial charge in [0.25, 0.3) is 0 Å². The van der Waals surface area contributed by atoms with Gasteiger partial charge in [-0.3, -0.25) is 0 Å². The van der Waals surface area contributed by atoms with Crippen LogP contribution in [0.25, 0.3) is 0 Å². The Morgan fingerprint density at radius 3 is 0.478 bits per heavy atom. The minimum Gasteiger partial charge on any atom is -0.388 e. The minimum absolute atomic E-state index is 0.500. The van der Waals surface area contributed by atoms with Gasteiger partial charge in [0.05, 0.1) is 0 Å². The molecule has 2 aromatic rings. The molecule has 0 aliphatic heterocycles. The summed E-state index contributed by atoms with van der Waals surface area (Å²) < 4.78 is 8.50. The van der Waals surface area contributed by atoms with Gasteiger partial charge in [-0.2, -0.15) is 0 Å². The third-order valence-electron chi connectivity index (χ3n) is 1.33. The van der Waals surface area contributed by atoms with Crippen molar-refractivity contribution in [2.45, 2.75) is 27.7 Å². The number of hydrogen-bond acceptors (Lipinski definition) is 2. The van der Waals surface area contributed by atoms with Gasteiger partial charge in [-0.15, -0.1) is 0 Å². The van der Waals surface area contributed by atoms with Crippen LogP contribution < -0.4 is 0 Å². The smallest absolute Gasteiger partial charge is 0.0351 e. The molecule has 0 aromatic heterocycles. The normalized spacial score (nSPS) is 8.35. The fourth-order valence-electron chi connectivity index (χ4n) is 0.770. The predicted octanol–water partition coefficient (Wildman–Crippen LogP) is 5.95. The van der Waals surface area contributed by atoms with E-state index in [1.807, 2.05) is 72.8 Å². The summed E-state index contributed by atoms with van der Waals surface area (Å²) in [7, 11) is 6.50. The molecule has 0 N–H and O–H groups in total. The molecule has 2 heteroatoms. The van der Waals surface area contributed by atoms with Gasteiger partial charge in [-0.25, -0.2) is 0 Å². The molecule has 0 unspecified atom stereocenters. The van der Waals surface area contributed by atoms with Gasteiger partial charge in [0.1, 0.15) is 0 Å². The largest absolute Gasteiger partial charge is 0.388 e. The van der Waals surface area contributed by atoms with Crippen molar-refractivity contribution >= 4 is 0 Å². The lowest BCUT2D eigenvalue weighted by atomic mass is 10.0. The highest BCUT2D eigenvalue weighted by Crippen LogP contribution is 2.08. The number of ether oxygens (including phenoxy) is 2. The van der Waals surface area contributed by atoms with E-state index >= 15 is 0 Å². The molecule has 2 nitrogen and oxygen atoms in total. The molecular weight excluding hydrogens is 284 g/mol. The van der Waals surface area contributed by atoms with E-state index in [4.69, 9.17) is 0 Å². The zero-order valence-corrected chi connectivity index (χ0v) is 16.2. The van der Waals surface area contributed by atoms with Crippen LogP contribution in [0.15, 0.2) is 72.8 Å². The standard InChI is InChI=1S/2C6H6.C5H12.2C2H6O/c2*1-2-4-6-5-3-1;1-5(2,3)4;2*1-3-2/h2*1-6H;1-4H3;2*1-2H3. The summed E-state index contributed by atoms with van der Waals surface area (Å²) in [5.41, 5.74) is 0.500. The Morgan fingerprint density at radius 2 is 0.435 bits per heavy atom. The van der Waals surface area contributed by atoms with Gasteiger partial charge in [0.15, 0.2) is 0 Å². The Bertz CT molecular complexity index is 273. The van der Waals surface area contributed by atoms with Crippen LogP contribution in [-0.2, 0) is 9.47 Å². The molecule has 0 heterocycles. The summed E-state index contributed by atoms with van der Waals surface area (Å²) in [6, 6.07) is 24.0. The fraction of sp³-hybridized carbons (Fsp3) is 0.429. The van der Waals surface area contributed by atoms with Crippen molar-refractivity contribution in [2.75, 3.05) is 28.4 Å². The zero-order chi connectivity index (χ0) is 18.4. The third-order valence-corrected chi connectivity index (χ3v) is 1.33. The second kappa shape index (κ2) is 22.6. The maximum atomic E-state index is 4.25. The second-order valence-electron chi connectivity index (χ2n) is 6.13. The lowest BCUT2D eigenvalue weighted by Crippen LogP contribution is -1.93. The van der Waals surface area contributed by atoms with Crippen molar-refractivity contribution in [3.63, 3.8) is 0 Å². The van der Waals surface area contributed by atoms with E-state index in [0.29, 0.717) is 5.41 Å². The molecule has 0 bridgehead atoms. The highest BCUT2D eigenvalue weighted by molar-refractivity contribution is 4.99. The Hall–Kier alpha value is -1.64. The quantitative estimate of drug-likeness (QED) is 0.597. The Kier molecular flexibility index (Phi) is 25.9. The summed E-state index contributed by atoms with van der Waals surface area (Å²) in [6.07, 6.45) is 0. The van der Waals surface area contributed by atoms with Crippen molar-refractivity contribution in [1.82, 2.24) is 0 Å². The van der Waals surface area contributed by atoms with Crippen molar-refractivity contribution < 1.29 is 9.47 Å². The lowest BCUT2D eigenvalue weighted by molar-refractivity contribution is 0.277. The van der Waals surface area contributed by atoms with E-state index in [0.717, 1.165) is 0 Å². The van der Waals surface area contributed by atoms with Gasteiger partial charge in [0.2, 0.25) is 0 Å². The highest BCUT2D eigenvalue weighted by atomic mass is 16.5. The van der Waals surface area contributed by atoms with Gasteiger partial charge in [-0.1, -0.05) is 100 Å². The lowest BCUT2D eigenvalue weighted by Gasteiger charge is -2.05. The average molecular weight is 321 g/mol. The molecule has 0 aliphatic carbocycles. The molecule has 132 valence electrons. The molecular formula is C21H36O2. The van der Waals surface area contributed by atoms with Crippen LogP contribution in [0.2, 0.25) is 0 Å². The Labute approximate surface area is 144 Å². The third kappa shape index (κ3) is 63.9. The molecule has 0 amide bonds. The van der Waals surface area contributed by atoms with Gasteiger partial charge < -0.3 is 9.47 Å². The highest BCUT2D eigenvalue weighted by Gasteiger charge is 1.95. The van der Waals surface area contributed by atoms with Crippen LogP contribution in [-0.4, -0.2) is 28.4 Å².